The number of carbonyl (C=O) groups excluding carboxylic acids is 1. The molecule has 57 heteroatoms. The van der Waals surface area contributed by atoms with Gasteiger partial charge in [0.05, 0.1) is 89.0 Å². The fraction of sp³-hybridized carbons (Fsp3) is 0.635. The lowest BCUT2D eigenvalue weighted by molar-refractivity contribution is -0.119. The number of anilines is 1. The highest BCUT2D eigenvalue weighted by Gasteiger charge is 2.50. The lowest BCUT2D eigenvalue weighted by Gasteiger charge is -2.32. The summed E-state index contributed by atoms with van der Waals surface area (Å²) >= 11 is 24.9. The van der Waals surface area contributed by atoms with E-state index in [1.54, 1.807) is 20.9 Å². The number of fused-ring (bicyclic) bond motifs is 1. The van der Waals surface area contributed by atoms with Gasteiger partial charge in [-0.05, 0) is 108 Å². The molecular weight excluding hydrogens is 1900 g/mol. The minimum absolute atomic E-state index is 0.00906. The van der Waals surface area contributed by atoms with Gasteiger partial charge < -0.3 is 106 Å². The second-order valence-electron chi connectivity index (χ2n) is 30.9. The van der Waals surface area contributed by atoms with Crippen LogP contribution in [-0.4, -0.2) is 229 Å². The fourth-order valence-corrected chi connectivity index (χ4v) is 23.5. The molecule has 20 atom stereocenters. The molecule has 11 rings (SSSR count). The van der Waals surface area contributed by atoms with Gasteiger partial charge in [-0.3, -0.25) is 81.8 Å². The molecule has 5 aliphatic heterocycles. The summed E-state index contributed by atoms with van der Waals surface area (Å²) in [6.07, 6.45) is -11.4. The second kappa shape index (κ2) is 46.6. The van der Waals surface area contributed by atoms with E-state index in [0.717, 1.165) is 13.7 Å². The number of carbonyl (C=O) groups is 1. The number of aromatic nitrogens is 12. The number of ether oxygens (including phenoxy) is 5. The van der Waals surface area contributed by atoms with Gasteiger partial charge >= 0.3 is 49.6 Å². The quantitative estimate of drug-likeness (QED) is 0.0145. The van der Waals surface area contributed by atoms with Crippen molar-refractivity contribution in [2.24, 2.45) is 11.8 Å². The molecule has 0 bridgehead atoms. The van der Waals surface area contributed by atoms with E-state index in [-0.39, 0.29) is 143 Å². The van der Waals surface area contributed by atoms with Crippen LogP contribution in [0.1, 0.15) is 127 Å². The zero-order valence-electron chi connectivity index (χ0n) is 72.4. The number of amides is 1. The van der Waals surface area contributed by atoms with Gasteiger partial charge in [0.1, 0.15) is 82.0 Å². The summed E-state index contributed by atoms with van der Waals surface area (Å²) in [6.45, 7) is 23.2. The number of H-pyrrole nitrogens is 5. The standard InChI is InChI=1S/C74H98N19O29P5S4/c1-41(2)64(94)82-70-81-63-62(69(99)83-70)80-40-93(63)61-30-51(122-127(131,109-25-20-79-13)112-38-54-49(28-59(116-54)91-33-46(8)67(97)86-73(91)102)120-124(128,106-22-17-76-10)110-36-52-43(5)26-57(114-52)89-31-44(6)65(95)84-71(89)100)56(118-61)39-113-126(130,108-24-19-78-12)121-50-29-60(92-34-47(9)68(98)87-74(92)103)117-55(50)37-111-125(129,107-23-18-77-11)119-48-27-58(90-32-45(7)66(96)85-72(90)101)115-53(48)35-105-123(88(14)42(3)4)104-21-15-16-75/h31-34,40-43,48-61H,15,17-30,35-39H2,1-9,14H3,(H,84,95,100)(H,85,96,101)(H,86,97,102)(H,87,98,103)(H2,81,82,83,94,99)/t43-,48-,49-,50-,51-,52-,53-,54-,55-,56-,57-,58-,59-,60-,61-,123?,124?,125?,126?,127?/m1/s1. The third-order valence-electron chi connectivity index (χ3n) is 20.8. The number of hydrogen-bond donors (Lipinski definition) is 6. The summed E-state index contributed by atoms with van der Waals surface area (Å²) in [5, 5.41) is 12.0. The number of nitriles is 1. The normalized spacial score (nSPS) is 25.3. The van der Waals surface area contributed by atoms with Crippen molar-refractivity contribution in [3.8, 4) is 6.07 Å². The van der Waals surface area contributed by atoms with E-state index in [1.807, 2.05) is 31.5 Å². The molecule has 6 aromatic heterocycles. The molecule has 6 aromatic rings. The van der Waals surface area contributed by atoms with Crippen LogP contribution in [0.25, 0.3) is 30.5 Å². The molecule has 5 saturated heterocycles. The van der Waals surface area contributed by atoms with Crippen molar-refractivity contribution in [3.05, 3.63) is 193 Å². The maximum absolute atomic E-state index is 13.9. The van der Waals surface area contributed by atoms with Crippen LogP contribution in [0, 0.1) is 77.2 Å². The predicted octanol–water partition coefficient (Wildman–Crippen LogP) is 5.98. The number of nitrogens with zero attached hydrogens (tertiary/aromatic N) is 13. The van der Waals surface area contributed by atoms with Crippen LogP contribution in [0.3, 0.4) is 0 Å². The number of aromatic amines is 5. The number of imidazole rings is 1. The van der Waals surface area contributed by atoms with Gasteiger partial charge in [-0.25, -0.2) is 55.1 Å². The Balaban J connectivity index is 0.918. The van der Waals surface area contributed by atoms with E-state index in [9.17, 15) is 53.2 Å². The minimum atomic E-state index is -4.45. The van der Waals surface area contributed by atoms with Crippen molar-refractivity contribution >= 4 is 106 Å². The summed E-state index contributed by atoms with van der Waals surface area (Å²) in [5.41, 5.74) is -6.41. The topological polar surface area (TPSA) is 532 Å². The maximum Gasteiger partial charge on any atom is 0.330 e. The Morgan fingerprint density at radius 2 is 0.832 bits per heavy atom. The van der Waals surface area contributed by atoms with Crippen molar-refractivity contribution in [1.82, 2.24) is 62.4 Å². The fourth-order valence-electron chi connectivity index (χ4n) is 13.7. The Labute approximate surface area is 768 Å². The molecule has 5 fully saturated rings. The Morgan fingerprint density at radius 1 is 0.504 bits per heavy atom. The van der Waals surface area contributed by atoms with Crippen LogP contribution in [0.5, 0.6) is 0 Å². The lowest BCUT2D eigenvalue weighted by atomic mass is 10.0. The Morgan fingerprint density at radius 3 is 1.17 bits per heavy atom. The molecule has 0 aliphatic carbocycles. The summed E-state index contributed by atoms with van der Waals surface area (Å²) in [7, 11) is -0.116. The molecule has 11 heterocycles. The van der Waals surface area contributed by atoms with E-state index < -0.39 is 217 Å². The second-order valence-corrected chi connectivity index (χ2v) is 44.4. The molecule has 0 radical (unpaired) electrons. The number of rotatable bonds is 47. The van der Waals surface area contributed by atoms with Gasteiger partial charge in [0.15, 0.2) is 11.2 Å². The van der Waals surface area contributed by atoms with Crippen LogP contribution in [0.15, 0.2) is 74.3 Å². The monoisotopic (exact) mass is 2000 g/mol. The third kappa shape index (κ3) is 27.1. The third-order valence-corrected chi connectivity index (χ3v) is 32.1. The highest BCUT2D eigenvalue weighted by Crippen LogP contribution is 2.60. The first-order valence-electron chi connectivity index (χ1n) is 40.9. The van der Waals surface area contributed by atoms with E-state index in [4.69, 9.17) is 161 Å². The smallest absolute Gasteiger partial charge is 0.330 e. The number of aryl methyl sites for hydroxylation is 4. The largest absolute Gasteiger partial charge is 0.352 e. The first-order valence-corrected chi connectivity index (χ1v) is 52.3. The lowest BCUT2D eigenvalue weighted by Crippen LogP contribution is -2.34. The maximum atomic E-state index is 13.9. The van der Waals surface area contributed by atoms with Crippen molar-refractivity contribution in [2.45, 2.75) is 193 Å². The van der Waals surface area contributed by atoms with Crippen molar-refractivity contribution in [3.63, 3.8) is 0 Å². The molecule has 0 saturated carbocycles. The summed E-state index contributed by atoms with van der Waals surface area (Å²) in [5.74, 6) is -1.63. The molecule has 0 aromatic carbocycles. The molecule has 48 nitrogen and oxygen atoms in total. The number of hydrogen-bond acceptors (Lipinski definition) is 37. The average molecular weight is 2000 g/mol. The van der Waals surface area contributed by atoms with E-state index in [1.165, 1.54) is 67.9 Å². The minimum Gasteiger partial charge on any atom is -0.352 e. The highest BCUT2D eigenvalue weighted by atomic mass is 32.5. The highest BCUT2D eigenvalue weighted by molar-refractivity contribution is 8.08. The molecule has 131 heavy (non-hydrogen) atoms. The van der Waals surface area contributed by atoms with Gasteiger partial charge in [-0.15, -0.1) is 0 Å². The zero-order valence-corrected chi connectivity index (χ0v) is 80.1. The molecule has 5 unspecified atom stereocenters. The van der Waals surface area contributed by atoms with E-state index >= 15 is 0 Å². The van der Waals surface area contributed by atoms with Crippen LogP contribution >= 0.6 is 35.4 Å². The molecule has 0 spiro atoms. The van der Waals surface area contributed by atoms with Crippen LogP contribution in [0.2, 0.25) is 0 Å². The van der Waals surface area contributed by atoms with Gasteiger partial charge in [0.2, 0.25) is 38.0 Å². The van der Waals surface area contributed by atoms with Gasteiger partial charge in [-0.2, -0.15) is 10.2 Å². The van der Waals surface area contributed by atoms with E-state index in [0.29, 0.717) is 6.42 Å². The molecule has 6 N–H and O–H groups in total. The zero-order chi connectivity index (χ0) is 95.0. The molecular formula is C74H98N19O29P5S4. The first-order chi connectivity index (χ1) is 62.3. The van der Waals surface area contributed by atoms with Crippen LogP contribution in [-0.2, 0) is 139 Å². The van der Waals surface area contributed by atoms with E-state index in [2.05, 4.69) is 59.6 Å². The SMILES string of the molecule is [C-]#[N+]CCOP(=S)(OC[C@H]1O[C@@H](n2cc(C)c(=O)[nH]c2=O)C[C@H]1OP(=S)(OCC[N+]#[C-])OC[C@H]1O[C@@H](n2cnc3c(=O)[nH]c(NC(=O)C(C)C)nc32)C[C@H]1OP(=S)(OCC[N+]#[C-])OC[C@H]1O[C@@H](n2cc(C)c(=O)[nH]c2=O)C[C@H]1OP(=S)(OCC[N+]#[C-])OC[C@H]1O[C@@H](n2cc(C)c(=O)[nH]c2=O)C[C@H]1C)O[C@@H]1C[C@H](n2cc(C)c(=O)[nH]c2=O)O[C@@H]1COP(OCCC#N)N(C)C(C)C. The van der Waals surface area contributed by atoms with Crippen molar-refractivity contribution in [1.29, 1.82) is 5.26 Å². The van der Waals surface area contributed by atoms with Crippen molar-refractivity contribution in [2.75, 3.05) is 105 Å². The Kier molecular flexibility index (Phi) is 36.9. The van der Waals surface area contributed by atoms with Crippen LogP contribution in [0.4, 0.5) is 5.95 Å². The number of nitrogens with one attached hydrogen (secondary N) is 6. The van der Waals surface area contributed by atoms with Crippen molar-refractivity contribution < 1.29 is 91.8 Å². The van der Waals surface area contributed by atoms with Gasteiger partial charge in [0, 0.05) is 84.7 Å². The average Bonchev–Trinajstić information content (AvgIpc) is 1.63. The molecule has 1 amide bonds. The summed E-state index contributed by atoms with van der Waals surface area (Å²) in [4.78, 5) is 166. The Hall–Kier alpha value is -7.78. The first kappa shape index (κ1) is 104. The molecule has 5 aliphatic rings. The summed E-state index contributed by atoms with van der Waals surface area (Å²) in [6, 6.07) is 1.92. The Bertz CT molecular complexity index is 6110. The predicted molar refractivity (Wildman–Crippen MR) is 480 cm³/mol. The van der Waals surface area contributed by atoms with Gasteiger partial charge in [-0.1, -0.05) is 20.8 Å². The van der Waals surface area contributed by atoms with Crippen LogP contribution < -0.4 is 55.9 Å². The molecule has 712 valence electrons. The summed E-state index contributed by atoms with van der Waals surface area (Å²) < 4.78 is 131. The van der Waals surface area contributed by atoms with Gasteiger partial charge in [0.25, 0.3) is 36.3 Å².